The highest BCUT2D eigenvalue weighted by Crippen LogP contribution is 2.21. The lowest BCUT2D eigenvalue weighted by atomic mass is 10.2. The molecule has 0 saturated heterocycles. The van der Waals surface area contributed by atoms with Gasteiger partial charge in [0.15, 0.2) is 0 Å². The van der Waals surface area contributed by atoms with Gasteiger partial charge in [0.2, 0.25) is 5.95 Å². The highest BCUT2D eigenvalue weighted by molar-refractivity contribution is 6.30. The standard InChI is InChI=1S/C20H21ClN4/c1-3-25(14-16-8-5-4-6-9-16)19-12-15(2)22-20(24-19)23-18-11-7-10-17(21)13-18/h4-13H,3,14H2,1-2H3,(H,22,23,24). The maximum Gasteiger partial charge on any atom is 0.229 e. The Labute approximate surface area is 153 Å². The first kappa shape index (κ1) is 17.2. The van der Waals surface area contributed by atoms with Gasteiger partial charge in [0.25, 0.3) is 0 Å². The van der Waals surface area contributed by atoms with E-state index in [0.29, 0.717) is 11.0 Å². The summed E-state index contributed by atoms with van der Waals surface area (Å²) in [4.78, 5) is 11.4. The molecular weight excluding hydrogens is 332 g/mol. The van der Waals surface area contributed by atoms with Gasteiger partial charge in [0.1, 0.15) is 5.82 Å². The zero-order valence-electron chi connectivity index (χ0n) is 14.4. The van der Waals surface area contributed by atoms with Crippen LogP contribution in [0.2, 0.25) is 5.02 Å². The van der Waals surface area contributed by atoms with Gasteiger partial charge in [0.05, 0.1) is 0 Å². The number of aromatic nitrogens is 2. The fourth-order valence-electron chi connectivity index (χ4n) is 2.62. The first-order chi connectivity index (χ1) is 12.1. The quantitative estimate of drug-likeness (QED) is 0.661. The number of anilines is 3. The summed E-state index contributed by atoms with van der Waals surface area (Å²) in [5.41, 5.74) is 3.04. The Kier molecular flexibility index (Phi) is 5.51. The minimum atomic E-state index is 0.573. The molecule has 2 aromatic carbocycles. The average molecular weight is 353 g/mol. The minimum absolute atomic E-state index is 0.573. The van der Waals surface area contributed by atoms with Gasteiger partial charge >= 0.3 is 0 Å². The van der Waals surface area contributed by atoms with Crippen LogP contribution >= 0.6 is 11.6 Å². The summed E-state index contributed by atoms with van der Waals surface area (Å²) < 4.78 is 0. The monoisotopic (exact) mass is 352 g/mol. The number of benzene rings is 2. The van der Waals surface area contributed by atoms with E-state index in [-0.39, 0.29) is 0 Å². The van der Waals surface area contributed by atoms with Gasteiger partial charge in [-0.05, 0) is 37.6 Å². The van der Waals surface area contributed by atoms with Gasteiger partial charge in [-0.1, -0.05) is 48.0 Å². The van der Waals surface area contributed by atoms with Gasteiger partial charge in [0, 0.05) is 35.6 Å². The van der Waals surface area contributed by atoms with Gasteiger partial charge in [-0.15, -0.1) is 0 Å². The van der Waals surface area contributed by atoms with Gasteiger partial charge in [-0.25, -0.2) is 4.98 Å². The van der Waals surface area contributed by atoms with Crippen LogP contribution in [0.5, 0.6) is 0 Å². The van der Waals surface area contributed by atoms with Crippen molar-refractivity contribution in [3.05, 3.63) is 76.9 Å². The van der Waals surface area contributed by atoms with Crippen LogP contribution in [0.4, 0.5) is 17.5 Å². The minimum Gasteiger partial charge on any atom is -0.352 e. The number of rotatable bonds is 6. The van der Waals surface area contributed by atoms with E-state index in [1.807, 2.05) is 43.3 Å². The predicted molar refractivity (Wildman–Crippen MR) is 105 cm³/mol. The fourth-order valence-corrected chi connectivity index (χ4v) is 2.81. The van der Waals surface area contributed by atoms with E-state index in [0.717, 1.165) is 30.3 Å². The molecule has 1 aromatic heterocycles. The summed E-state index contributed by atoms with van der Waals surface area (Å²) in [7, 11) is 0. The topological polar surface area (TPSA) is 41.1 Å². The Morgan fingerprint density at radius 1 is 1.00 bits per heavy atom. The average Bonchev–Trinajstić information content (AvgIpc) is 2.60. The predicted octanol–water partition coefficient (Wildman–Crippen LogP) is 5.21. The Morgan fingerprint density at radius 3 is 2.52 bits per heavy atom. The molecule has 0 aliphatic carbocycles. The second kappa shape index (κ2) is 7.99. The van der Waals surface area contributed by atoms with Gasteiger partial charge < -0.3 is 10.2 Å². The summed E-state index contributed by atoms with van der Waals surface area (Å²) in [6, 6.07) is 19.9. The lowest BCUT2D eigenvalue weighted by Crippen LogP contribution is -2.23. The SMILES string of the molecule is CCN(Cc1ccccc1)c1cc(C)nc(Nc2cccc(Cl)c2)n1. The van der Waals surface area contributed by atoms with Gasteiger partial charge in [-0.2, -0.15) is 4.98 Å². The van der Waals surface area contributed by atoms with Crippen molar-refractivity contribution in [2.24, 2.45) is 0 Å². The zero-order valence-corrected chi connectivity index (χ0v) is 15.2. The van der Waals surface area contributed by atoms with Crippen LogP contribution in [-0.4, -0.2) is 16.5 Å². The molecule has 0 saturated carbocycles. The van der Waals surface area contributed by atoms with Crippen LogP contribution in [0.1, 0.15) is 18.2 Å². The number of hydrogen-bond acceptors (Lipinski definition) is 4. The van der Waals surface area contributed by atoms with Crippen LogP contribution in [0, 0.1) is 6.92 Å². The van der Waals surface area contributed by atoms with Crippen molar-refractivity contribution in [3.63, 3.8) is 0 Å². The van der Waals surface area contributed by atoms with Crippen molar-refractivity contribution in [3.8, 4) is 0 Å². The second-order valence-corrected chi connectivity index (χ2v) is 6.26. The molecule has 1 heterocycles. The molecule has 0 bridgehead atoms. The molecule has 0 aliphatic rings. The van der Waals surface area contributed by atoms with E-state index >= 15 is 0 Å². The van der Waals surface area contributed by atoms with Crippen molar-refractivity contribution >= 4 is 29.1 Å². The molecule has 0 radical (unpaired) electrons. The largest absolute Gasteiger partial charge is 0.352 e. The van der Waals surface area contributed by atoms with E-state index in [9.17, 15) is 0 Å². The first-order valence-electron chi connectivity index (χ1n) is 8.31. The Hall–Kier alpha value is -2.59. The van der Waals surface area contributed by atoms with E-state index in [2.05, 4.69) is 51.4 Å². The summed E-state index contributed by atoms with van der Waals surface area (Å²) in [6.45, 7) is 5.78. The number of nitrogens with zero attached hydrogens (tertiary/aromatic N) is 3. The molecule has 25 heavy (non-hydrogen) atoms. The van der Waals surface area contributed by atoms with E-state index < -0.39 is 0 Å². The molecule has 3 rings (SSSR count). The fraction of sp³-hybridized carbons (Fsp3) is 0.200. The third-order valence-corrected chi connectivity index (χ3v) is 4.08. The Morgan fingerprint density at radius 2 is 1.80 bits per heavy atom. The maximum atomic E-state index is 6.05. The van der Waals surface area contributed by atoms with Crippen molar-refractivity contribution in [1.82, 2.24) is 9.97 Å². The van der Waals surface area contributed by atoms with Crippen LogP contribution in [0.25, 0.3) is 0 Å². The molecule has 3 aromatic rings. The summed E-state index contributed by atoms with van der Waals surface area (Å²) in [6.07, 6.45) is 0. The molecule has 0 aliphatic heterocycles. The van der Waals surface area contributed by atoms with Crippen molar-refractivity contribution in [2.75, 3.05) is 16.8 Å². The molecule has 0 atom stereocenters. The number of halogens is 1. The molecule has 5 heteroatoms. The van der Waals surface area contributed by atoms with Crippen LogP contribution in [0.3, 0.4) is 0 Å². The summed E-state index contributed by atoms with van der Waals surface area (Å²) in [5.74, 6) is 1.48. The highest BCUT2D eigenvalue weighted by Gasteiger charge is 2.10. The molecular formula is C20H21ClN4. The molecule has 0 fully saturated rings. The number of hydrogen-bond donors (Lipinski definition) is 1. The summed E-state index contributed by atoms with van der Waals surface area (Å²) >= 11 is 6.05. The van der Waals surface area contributed by atoms with Crippen LogP contribution < -0.4 is 10.2 Å². The Bertz CT molecular complexity index is 836. The maximum absolute atomic E-state index is 6.05. The second-order valence-electron chi connectivity index (χ2n) is 5.83. The van der Waals surface area contributed by atoms with E-state index in [4.69, 9.17) is 11.6 Å². The lowest BCUT2D eigenvalue weighted by Gasteiger charge is -2.23. The summed E-state index contributed by atoms with van der Waals surface area (Å²) in [5, 5.41) is 3.91. The third kappa shape index (κ3) is 4.70. The Balaban J connectivity index is 1.84. The normalized spacial score (nSPS) is 10.5. The third-order valence-electron chi connectivity index (χ3n) is 3.84. The molecule has 128 valence electrons. The molecule has 0 unspecified atom stereocenters. The van der Waals surface area contributed by atoms with Gasteiger partial charge in [-0.3, -0.25) is 0 Å². The van der Waals surface area contributed by atoms with E-state index in [1.54, 1.807) is 0 Å². The molecule has 0 amide bonds. The molecule has 4 nitrogen and oxygen atoms in total. The van der Waals surface area contributed by atoms with E-state index in [1.165, 1.54) is 5.56 Å². The van der Waals surface area contributed by atoms with Crippen LogP contribution in [0.15, 0.2) is 60.7 Å². The van der Waals surface area contributed by atoms with Crippen molar-refractivity contribution in [2.45, 2.75) is 20.4 Å². The van der Waals surface area contributed by atoms with Crippen LogP contribution in [-0.2, 0) is 6.54 Å². The smallest absolute Gasteiger partial charge is 0.229 e. The van der Waals surface area contributed by atoms with Crippen molar-refractivity contribution in [1.29, 1.82) is 0 Å². The highest BCUT2D eigenvalue weighted by atomic mass is 35.5. The zero-order chi connectivity index (χ0) is 17.6. The van der Waals surface area contributed by atoms with Crippen molar-refractivity contribution < 1.29 is 0 Å². The lowest BCUT2D eigenvalue weighted by molar-refractivity contribution is 0.809. The number of aryl methyl sites for hydroxylation is 1. The molecule has 1 N–H and O–H groups in total. The molecule has 0 spiro atoms. The first-order valence-corrected chi connectivity index (χ1v) is 8.69. The number of nitrogens with one attached hydrogen (secondary N) is 1.